The maximum absolute atomic E-state index is 4.45. The maximum Gasteiger partial charge on any atom is 0.102 e. The first-order valence-corrected chi connectivity index (χ1v) is 7.11. The lowest BCUT2D eigenvalue weighted by Crippen LogP contribution is -1.91. The van der Waals surface area contributed by atoms with E-state index in [2.05, 4.69) is 65.7 Å². The molecule has 4 aromatic carbocycles. The minimum absolute atomic E-state index is 1.01. The van der Waals surface area contributed by atoms with E-state index in [1.807, 2.05) is 6.20 Å². The van der Waals surface area contributed by atoms with E-state index in [1.54, 1.807) is 0 Å². The van der Waals surface area contributed by atoms with Crippen molar-refractivity contribution in [3.8, 4) is 0 Å². The summed E-state index contributed by atoms with van der Waals surface area (Å²) in [5.74, 6) is 0. The second-order valence-electron chi connectivity index (χ2n) is 5.68. The molecule has 98 valence electrons. The van der Waals surface area contributed by atoms with Gasteiger partial charge < -0.3 is 0 Å². The summed E-state index contributed by atoms with van der Waals surface area (Å²) in [6.07, 6.45) is 1.85. The molecule has 0 spiro atoms. The van der Waals surface area contributed by atoms with E-state index >= 15 is 0 Å². The van der Waals surface area contributed by atoms with Crippen molar-refractivity contribution in [1.29, 1.82) is 0 Å². The number of nitrogens with zero attached hydrogens (tertiary/aromatic N) is 2. The molecule has 1 heterocycles. The third-order valence-corrected chi connectivity index (χ3v) is 4.35. The molecule has 0 aliphatic heterocycles. The van der Waals surface area contributed by atoms with Gasteiger partial charge in [-0.05, 0) is 40.1 Å². The predicted molar refractivity (Wildman–Crippen MR) is 88.0 cm³/mol. The highest BCUT2D eigenvalue weighted by Crippen LogP contribution is 2.39. The van der Waals surface area contributed by atoms with Crippen LogP contribution in [0.1, 0.15) is 5.56 Å². The van der Waals surface area contributed by atoms with Crippen LogP contribution in [0.5, 0.6) is 0 Å². The third-order valence-electron chi connectivity index (χ3n) is 4.35. The number of fused-ring (bicyclic) bond motifs is 2. The Balaban J connectivity index is 2.29. The van der Waals surface area contributed by atoms with Crippen molar-refractivity contribution in [1.82, 2.24) is 10.2 Å². The van der Waals surface area contributed by atoms with Gasteiger partial charge in [0.05, 0.1) is 6.20 Å². The van der Waals surface area contributed by atoms with Crippen molar-refractivity contribution in [2.45, 2.75) is 6.92 Å². The summed E-state index contributed by atoms with van der Waals surface area (Å²) in [6.45, 7) is 2.14. The van der Waals surface area contributed by atoms with Gasteiger partial charge in [-0.3, -0.25) is 0 Å². The Morgan fingerprint density at radius 3 is 2.38 bits per heavy atom. The van der Waals surface area contributed by atoms with Crippen LogP contribution in [-0.2, 0) is 0 Å². The van der Waals surface area contributed by atoms with Crippen LogP contribution in [0.15, 0.2) is 54.7 Å². The Kier molecular flexibility index (Phi) is 1.92. The van der Waals surface area contributed by atoms with Crippen LogP contribution in [0, 0.1) is 6.92 Å². The number of hydrogen-bond donors (Lipinski definition) is 0. The first-order valence-electron chi connectivity index (χ1n) is 7.11. The zero-order valence-corrected chi connectivity index (χ0v) is 11.6. The van der Waals surface area contributed by atoms with Crippen LogP contribution in [0.25, 0.3) is 43.2 Å². The van der Waals surface area contributed by atoms with Crippen molar-refractivity contribution < 1.29 is 0 Å². The van der Waals surface area contributed by atoms with Crippen molar-refractivity contribution in [3.05, 3.63) is 60.3 Å². The van der Waals surface area contributed by atoms with Crippen LogP contribution in [-0.4, -0.2) is 10.2 Å². The average Bonchev–Trinajstić information content (AvgIpc) is 2.51. The van der Waals surface area contributed by atoms with Gasteiger partial charge in [0.15, 0.2) is 0 Å². The predicted octanol–water partition coefficient (Wildman–Crippen LogP) is 4.84. The molecule has 1 aromatic heterocycles. The average molecular weight is 268 g/mol. The number of rotatable bonds is 0. The molecule has 0 radical (unpaired) electrons. The van der Waals surface area contributed by atoms with Gasteiger partial charge in [-0.15, -0.1) is 5.10 Å². The number of hydrogen-bond acceptors (Lipinski definition) is 2. The van der Waals surface area contributed by atoms with E-state index in [-0.39, 0.29) is 0 Å². The smallest absolute Gasteiger partial charge is 0.102 e. The van der Waals surface area contributed by atoms with Crippen molar-refractivity contribution in [2.24, 2.45) is 0 Å². The first-order chi connectivity index (χ1) is 10.3. The molecule has 0 bridgehead atoms. The molecular formula is C19H12N2. The zero-order chi connectivity index (χ0) is 14.0. The molecule has 0 aliphatic rings. The van der Waals surface area contributed by atoms with Crippen molar-refractivity contribution in [3.63, 3.8) is 0 Å². The molecule has 2 heteroatoms. The van der Waals surface area contributed by atoms with Crippen LogP contribution in [0.4, 0.5) is 0 Å². The quantitative estimate of drug-likeness (QED) is 0.297. The van der Waals surface area contributed by atoms with Crippen molar-refractivity contribution in [2.75, 3.05) is 0 Å². The SMILES string of the molecule is Cc1cc2cccc3c4cccc5cnnc(c(c1)c23)c54. The Bertz CT molecular complexity index is 1140. The second kappa shape index (κ2) is 3.67. The van der Waals surface area contributed by atoms with Crippen molar-refractivity contribution >= 4 is 43.2 Å². The summed E-state index contributed by atoms with van der Waals surface area (Å²) < 4.78 is 0. The van der Waals surface area contributed by atoms with Gasteiger partial charge in [-0.1, -0.05) is 42.5 Å². The molecule has 0 atom stereocenters. The molecule has 0 saturated heterocycles. The van der Waals surface area contributed by atoms with Crippen LogP contribution >= 0.6 is 0 Å². The van der Waals surface area contributed by atoms with Crippen LogP contribution < -0.4 is 0 Å². The van der Waals surface area contributed by atoms with Gasteiger partial charge in [0.2, 0.25) is 0 Å². The first kappa shape index (κ1) is 11.0. The van der Waals surface area contributed by atoms with Gasteiger partial charge >= 0.3 is 0 Å². The van der Waals surface area contributed by atoms with Crippen LogP contribution in [0.2, 0.25) is 0 Å². The van der Waals surface area contributed by atoms with E-state index in [0.29, 0.717) is 0 Å². The molecule has 0 N–H and O–H groups in total. The molecule has 0 amide bonds. The molecule has 0 aliphatic carbocycles. The lowest BCUT2D eigenvalue weighted by Gasteiger charge is -2.13. The minimum Gasteiger partial charge on any atom is -0.158 e. The number of benzene rings is 4. The molecule has 21 heavy (non-hydrogen) atoms. The van der Waals surface area contributed by atoms with Gasteiger partial charge in [-0.2, -0.15) is 5.10 Å². The second-order valence-corrected chi connectivity index (χ2v) is 5.68. The molecule has 0 saturated carbocycles. The highest BCUT2D eigenvalue weighted by molar-refractivity contribution is 6.31. The lowest BCUT2D eigenvalue weighted by atomic mass is 9.92. The van der Waals surface area contributed by atoms with E-state index in [0.717, 1.165) is 10.9 Å². The molecule has 0 unspecified atom stereocenters. The number of aromatic nitrogens is 2. The monoisotopic (exact) mass is 268 g/mol. The summed E-state index contributed by atoms with van der Waals surface area (Å²) in [6, 6.07) is 17.4. The minimum atomic E-state index is 1.01. The zero-order valence-electron chi connectivity index (χ0n) is 11.6. The molecule has 5 rings (SSSR count). The van der Waals surface area contributed by atoms with E-state index in [4.69, 9.17) is 0 Å². The molecule has 0 fully saturated rings. The standard InChI is InChI=1S/C19H12N2/c1-11-8-12-4-2-6-14-15-7-3-5-13-10-20-21-19(18(13)15)16(9-11)17(12)14/h2-10H,1H3. The van der Waals surface area contributed by atoms with Gasteiger partial charge in [0.25, 0.3) is 0 Å². The maximum atomic E-state index is 4.45. The highest BCUT2D eigenvalue weighted by atomic mass is 15.1. The molecule has 5 aromatic rings. The summed E-state index contributed by atoms with van der Waals surface area (Å²) in [5, 5.41) is 17.4. The Morgan fingerprint density at radius 1 is 0.762 bits per heavy atom. The summed E-state index contributed by atoms with van der Waals surface area (Å²) in [7, 11) is 0. The van der Waals surface area contributed by atoms with E-state index < -0.39 is 0 Å². The fraction of sp³-hybridized carbons (Fsp3) is 0.0526. The van der Waals surface area contributed by atoms with Gasteiger partial charge in [0, 0.05) is 16.2 Å². The lowest BCUT2D eigenvalue weighted by molar-refractivity contribution is 1.09. The van der Waals surface area contributed by atoms with E-state index in [9.17, 15) is 0 Å². The fourth-order valence-corrected chi connectivity index (χ4v) is 3.54. The van der Waals surface area contributed by atoms with Gasteiger partial charge in [0.1, 0.15) is 5.52 Å². The summed E-state index contributed by atoms with van der Waals surface area (Å²) in [4.78, 5) is 0. The Hall–Kier alpha value is -2.74. The largest absolute Gasteiger partial charge is 0.158 e. The molecular weight excluding hydrogens is 256 g/mol. The molecule has 2 nitrogen and oxygen atoms in total. The number of aryl methyl sites for hydroxylation is 1. The van der Waals surface area contributed by atoms with Gasteiger partial charge in [-0.25, -0.2) is 0 Å². The fourth-order valence-electron chi connectivity index (χ4n) is 3.54. The summed E-state index contributed by atoms with van der Waals surface area (Å²) >= 11 is 0. The highest BCUT2D eigenvalue weighted by Gasteiger charge is 2.13. The Labute approximate surface area is 121 Å². The Morgan fingerprint density at radius 2 is 1.52 bits per heavy atom. The third kappa shape index (κ3) is 1.32. The van der Waals surface area contributed by atoms with E-state index in [1.165, 1.54) is 37.9 Å². The summed E-state index contributed by atoms with van der Waals surface area (Å²) in [5.41, 5.74) is 2.27. The normalized spacial score (nSPS) is 12.0. The van der Waals surface area contributed by atoms with Crippen LogP contribution in [0.3, 0.4) is 0 Å². The topological polar surface area (TPSA) is 25.8 Å².